The van der Waals surface area contributed by atoms with Crippen molar-refractivity contribution in [2.24, 2.45) is 5.41 Å². The van der Waals surface area contributed by atoms with Crippen LogP contribution in [-0.2, 0) is 9.53 Å². The molecule has 2 N–H and O–H groups in total. The number of thioether (sulfide) groups is 1. The number of carbonyl (C=O) groups is 2. The van der Waals surface area contributed by atoms with E-state index in [0.717, 1.165) is 5.75 Å². The Kier molecular flexibility index (Phi) is 3.71. The number of ether oxygens (including phenoxy) is 1. The number of rotatable bonds is 2. The molecule has 2 heterocycles. The van der Waals surface area contributed by atoms with Gasteiger partial charge in [-0.2, -0.15) is 11.8 Å². The minimum Gasteiger partial charge on any atom is -0.481 e. The smallest absolute Gasteiger partial charge is 0.410 e. The minimum atomic E-state index is -1.35. The molecule has 2 rings (SSSR count). The summed E-state index contributed by atoms with van der Waals surface area (Å²) in [4.78, 5) is 24.8. The lowest BCUT2D eigenvalue weighted by atomic mass is 9.67. The Morgan fingerprint density at radius 2 is 1.90 bits per heavy atom. The molecule has 1 atom stereocenters. The van der Waals surface area contributed by atoms with Crippen LogP contribution in [0.4, 0.5) is 4.79 Å². The first-order valence-corrected chi connectivity index (χ1v) is 7.77. The third kappa shape index (κ3) is 2.48. The lowest BCUT2D eigenvalue weighted by molar-refractivity contribution is -0.192. The molecule has 0 spiro atoms. The predicted octanol–water partition coefficient (Wildman–Crippen LogP) is 1.18. The average molecular weight is 303 g/mol. The molecule has 1 amide bonds. The van der Waals surface area contributed by atoms with Crippen LogP contribution in [0.2, 0.25) is 0 Å². The van der Waals surface area contributed by atoms with Crippen molar-refractivity contribution in [3.05, 3.63) is 0 Å². The van der Waals surface area contributed by atoms with Crippen LogP contribution < -0.4 is 0 Å². The largest absolute Gasteiger partial charge is 0.481 e. The Hall–Kier alpha value is -0.950. The quantitative estimate of drug-likeness (QED) is 0.796. The fourth-order valence-corrected chi connectivity index (χ4v) is 4.17. The average Bonchev–Trinajstić information content (AvgIpc) is 2.72. The monoisotopic (exact) mass is 303 g/mol. The van der Waals surface area contributed by atoms with E-state index in [0.29, 0.717) is 12.2 Å². The minimum absolute atomic E-state index is 0.0226. The van der Waals surface area contributed by atoms with Crippen LogP contribution in [-0.4, -0.2) is 63.0 Å². The molecule has 114 valence electrons. The standard InChI is InChI=1S/C13H21NO5S/c1-11(2,3)19-10(17)14-6-13(18,7-14)12(9(15)16)4-5-20-8-12/h18H,4-8H2,1-3H3,(H,15,16). The Labute approximate surface area is 122 Å². The van der Waals surface area contributed by atoms with Gasteiger partial charge in [-0.25, -0.2) is 4.79 Å². The zero-order valence-corrected chi connectivity index (χ0v) is 12.8. The molecular formula is C13H21NO5S. The number of hydrogen-bond donors (Lipinski definition) is 2. The second-order valence-electron chi connectivity index (χ2n) is 6.56. The maximum absolute atomic E-state index is 11.9. The first-order chi connectivity index (χ1) is 9.10. The van der Waals surface area contributed by atoms with Crippen LogP contribution in [0.1, 0.15) is 27.2 Å². The molecular weight excluding hydrogens is 282 g/mol. The highest BCUT2D eigenvalue weighted by molar-refractivity contribution is 7.99. The van der Waals surface area contributed by atoms with Gasteiger partial charge in [-0.3, -0.25) is 4.79 Å². The molecule has 2 fully saturated rings. The van der Waals surface area contributed by atoms with E-state index in [4.69, 9.17) is 4.74 Å². The van der Waals surface area contributed by atoms with Gasteiger partial charge in [0.2, 0.25) is 0 Å². The Balaban J connectivity index is 2.03. The van der Waals surface area contributed by atoms with Gasteiger partial charge in [0.05, 0.1) is 13.1 Å². The second-order valence-corrected chi connectivity index (χ2v) is 7.66. The fourth-order valence-electron chi connectivity index (χ4n) is 2.64. The fraction of sp³-hybridized carbons (Fsp3) is 0.846. The van der Waals surface area contributed by atoms with E-state index < -0.39 is 28.7 Å². The van der Waals surface area contributed by atoms with Crippen molar-refractivity contribution in [1.29, 1.82) is 0 Å². The number of β-amino-alcohol motifs (C(OH)–C–C–N with tert-alkyl or cyclic N) is 1. The molecule has 7 heteroatoms. The number of likely N-dealkylation sites (tertiary alicyclic amines) is 1. The van der Waals surface area contributed by atoms with E-state index in [1.165, 1.54) is 16.7 Å². The van der Waals surface area contributed by atoms with E-state index in [-0.39, 0.29) is 13.1 Å². The van der Waals surface area contributed by atoms with Crippen molar-refractivity contribution in [1.82, 2.24) is 4.90 Å². The number of carboxylic acids is 1. The lowest BCUT2D eigenvalue weighted by Gasteiger charge is -2.53. The van der Waals surface area contributed by atoms with Crippen LogP contribution in [0.25, 0.3) is 0 Å². The number of nitrogens with zero attached hydrogens (tertiary/aromatic N) is 1. The van der Waals surface area contributed by atoms with Gasteiger partial charge in [0, 0.05) is 5.75 Å². The van der Waals surface area contributed by atoms with Crippen molar-refractivity contribution in [2.45, 2.75) is 38.4 Å². The number of amides is 1. The van der Waals surface area contributed by atoms with Crippen molar-refractivity contribution in [2.75, 3.05) is 24.6 Å². The summed E-state index contributed by atoms with van der Waals surface area (Å²) >= 11 is 1.53. The summed E-state index contributed by atoms with van der Waals surface area (Å²) in [5.41, 5.74) is -3.09. The molecule has 0 radical (unpaired) electrons. The summed E-state index contributed by atoms with van der Waals surface area (Å²) < 4.78 is 5.21. The highest BCUT2D eigenvalue weighted by atomic mass is 32.2. The first-order valence-electron chi connectivity index (χ1n) is 6.61. The maximum Gasteiger partial charge on any atom is 0.410 e. The van der Waals surface area contributed by atoms with Gasteiger partial charge >= 0.3 is 12.1 Å². The van der Waals surface area contributed by atoms with Crippen molar-refractivity contribution in [3.63, 3.8) is 0 Å². The third-order valence-corrected chi connectivity index (χ3v) is 5.07. The number of carbonyl (C=O) groups excluding carboxylic acids is 1. The normalized spacial score (nSPS) is 28.9. The number of carboxylic acid groups (broad SMARTS) is 1. The summed E-state index contributed by atoms with van der Waals surface area (Å²) in [7, 11) is 0. The lowest BCUT2D eigenvalue weighted by Crippen LogP contribution is -2.73. The highest BCUT2D eigenvalue weighted by Gasteiger charge is 2.64. The molecule has 2 aliphatic rings. The summed E-state index contributed by atoms with van der Waals surface area (Å²) in [6.45, 7) is 5.35. The second kappa shape index (κ2) is 4.80. The summed E-state index contributed by atoms with van der Waals surface area (Å²) in [6.07, 6.45) is -0.0700. The third-order valence-electron chi connectivity index (χ3n) is 3.88. The number of aliphatic hydroxyl groups is 1. The molecule has 0 saturated carbocycles. The molecule has 0 aromatic heterocycles. The van der Waals surface area contributed by atoms with Crippen LogP contribution in [0.15, 0.2) is 0 Å². The molecule has 0 bridgehead atoms. The van der Waals surface area contributed by atoms with Gasteiger partial charge in [-0.05, 0) is 32.9 Å². The molecule has 2 saturated heterocycles. The summed E-state index contributed by atoms with van der Waals surface area (Å²) in [6, 6.07) is 0. The summed E-state index contributed by atoms with van der Waals surface area (Å²) in [5.74, 6) is 0.135. The van der Waals surface area contributed by atoms with Crippen molar-refractivity contribution >= 4 is 23.8 Å². The molecule has 0 aromatic carbocycles. The van der Waals surface area contributed by atoms with Gasteiger partial charge in [0.1, 0.15) is 16.6 Å². The molecule has 2 aliphatic heterocycles. The van der Waals surface area contributed by atoms with E-state index >= 15 is 0 Å². The zero-order valence-electron chi connectivity index (χ0n) is 12.0. The van der Waals surface area contributed by atoms with Crippen LogP contribution in [0.3, 0.4) is 0 Å². The van der Waals surface area contributed by atoms with E-state index in [1.807, 2.05) is 0 Å². The zero-order chi connectivity index (χ0) is 15.2. The van der Waals surface area contributed by atoms with Gasteiger partial charge in [-0.15, -0.1) is 0 Å². The van der Waals surface area contributed by atoms with Gasteiger partial charge < -0.3 is 19.8 Å². The Bertz CT molecular complexity index is 419. The molecule has 20 heavy (non-hydrogen) atoms. The van der Waals surface area contributed by atoms with Crippen molar-refractivity contribution in [3.8, 4) is 0 Å². The predicted molar refractivity (Wildman–Crippen MR) is 74.8 cm³/mol. The molecule has 1 unspecified atom stereocenters. The van der Waals surface area contributed by atoms with E-state index in [1.54, 1.807) is 20.8 Å². The SMILES string of the molecule is CC(C)(C)OC(=O)N1CC(O)(C2(C(=O)O)CCSC2)C1. The first kappa shape index (κ1) is 15.4. The molecule has 6 nitrogen and oxygen atoms in total. The number of hydrogen-bond acceptors (Lipinski definition) is 5. The molecule has 0 aromatic rings. The van der Waals surface area contributed by atoms with Crippen LogP contribution in [0, 0.1) is 5.41 Å². The maximum atomic E-state index is 11.9. The van der Waals surface area contributed by atoms with Gasteiger partial charge in [0.15, 0.2) is 0 Å². The summed E-state index contributed by atoms with van der Waals surface area (Å²) in [5, 5.41) is 20.1. The van der Waals surface area contributed by atoms with Gasteiger partial charge in [0.25, 0.3) is 0 Å². The highest BCUT2D eigenvalue weighted by Crippen LogP contribution is 2.49. The Morgan fingerprint density at radius 1 is 1.30 bits per heavy atom. The number of aliphatic carboxylic acids is 1. The van der Waals surface area contributed by atoms with Crippen LogP contribution in [0.5, 0.6) is 0 Å². The van der Waals surface area contributed by atoms with Gasteiger partial charge in [-0.1, -0.05) is 0 Å². The van der Waals surface area contributed by atoms with Crippen LogP contribution >= 0.6 is 11.8 Å². The topological polar surface area (TPSA) is 87.1 Å². The Morgan fingerprint density at radius 3 is 2.30 bits per heavy atom. The van der Waals surface area contributed by atoms with Crippen molar-refractivity contribution < 1.29 is 24.5 Å². The van der Waals surface area contributed by atoms with E-state index in [2.05, 4.69) is 0 Å². The van der Waals surface area contributed by atoms with E-state index in [9.17, 15) is 19.8 Å². The molecule has 0 aliphatic carbocycles.